The number of rotatable bonds is 6. The fourth-order valence-electron chi connectivity index (χ4n) is 2.05. The molecule has 0 saturated heterocycles. The van der Waals surface area contributed by atoms with Gasteiger partial charge in [-0.3, -0.25) is 14.9 Å². The molecule has 0 saturated carbocycles. The number of hydrogen-bond donors (Lipinski definition) is 2. The largest absolute Gasteiger partial charge is 0.573 e. The number of anilines is 2. The first-order valence-corrected chi connectivity index (χ1v) is 7.28. The highest BCUT2D eigenvalue weighted by atomic mass is 19.4. The van der Waals surface area contributed by atoms with E-state index in [2.05, 4.69) is 15.4 Å². The predicted octanol–water partition coefficient (Wildman–Crippen LogP) is 3.85. The Morgan fingerprint density at radius 3 is 2.38 bits per heavy atom. The van der Waals surface area contributed by atoms with Crippen molar-refractivity contribution in [1.82, 2.24) is 0 Å². The van der Waals surface area contributed by atoms with Gasteiger partial charge in [0.2, 0.25) is 5.91 Å². The van der Waals surface area contributed by atoms with Gasteiger partial charge in [-0.2, -0.15) is 0 Å². The second kappa shape index (κ2) is 7.72. The molecule has 26 heavy (non-hydrogen) atoms. The number of ether oxygens (including phenoxy) is 1. The van der Waals surface area contributed by atoms with Crippen LogP contribution in [0, 0.1) is 17.0 Å². The molecule has 10 heteroatoms. The van der Waals surface area contributed by atoms with Crippen molar-refractivity contribution in [2.24, 2.45) is 0 Å². The van der Waals surface area contributed by atoms with Crippen LogP contribution >= 0.6 is 0 Å². The summed E-state index contributed by atoms with van der Waals surface area (Å²) in [6, 6.07) is 8.95. The molecule has 0 aromatic heterocycles. The molecule has 0 spiro atoms. The minimum Gasteiger partial charge on any atom is -0.406 e. The molecule has 0 aliphatic rings. The number of alkyl halides is 3. The molecule has 0 fully saturated rings. The number of nitro groups is 1. The van der Waals surface area contributed by atoms with E-state index >= 15 is 0 Å². The first-order chi connectivity index (χ1) is 12.1. The first kappa shape index (κ1) is 19.0. The SMILES string of the molecule is Cc1cc([N+](=O)[O-])ccc1NC(=O)CNc1ccc(OC(F)(F)F)cc1. The van der Waals surface area contributed by atoms with Crippen LogP contribution in [0.3, 0.4) is 0 Å². The van der Waals surface area contributed by atoms with Crippen LogP contribution in [0.4, 0.5) is 30.2 Å². The Morgan fingerprint density at radius 2 is 1.85 bits per heavy atom. The van der Waals surface area contributed by atoms with Crippen LogP contribution in [0.1, 0.15) is 5.56 Å². The Bertz CT molecular complexity index is 807. The molecule has 2 aromatic rings. The third-order valence-electron chi connectivity index (χ3n) is 3.24. The Morgan fingerprint density at radius 1 is 1.19 bits per heavy atom. The van der Waals surface area contributed by atoms with E-state index in [0.717, 1.165) is 12.1 Å². The topological polar surface area (TPSA) is 93.5 Å². The fraction of sp³-hybridized carbons (Fsp3) is 0.188. The second-order valence-corrected chi connectivity index (χ2v) is 5.23. The molecular formula is C16H14F3N3O4. The van der Waals surface area contributed by atoms with Gasteiger partial charge in [-0.1, -0.05) is 0 Å². The van der Waals surface area contributed by atoms with Crippen molar-refractivity contribution in [1.29, 1.82) is 0 Å². The summed E-state index contributed by atoms with van der Waals surface area (Å²) in [5.41, 5.74) is 1.30. The maximum atomic E-state index is 12.1. The third-order valence-corrected chi connectivity index (χ3v) is 3.24. The van der Waals surface area contributed by atoms with E-state index in [0.29, 0.717) is 16.9 Å². The summed E-state index contributed by atoms with van der Waals surface area (Å²) in [5, 5.41) is 16.0. The number of nitro benzene ring substituents is 1. The highest BCUT2D eigenvalue weighted by Crippen LogP contribution is 2.24. The molecule has 2 aromatic carbocycles. The van der Waals surface area contributed by atoms with Crippen LogP contribution in [0.15, 0.2) is 42.5 Å². The van der Waals surface area contributed by atoms with E-state index in [1.54, 1.807) is 6.92 Å². The van der Waals surface area contributed by atoms with E-state index in [-0.39, 0.29) is 18.0 Å². The summed E-state index contributed by atoms with van der Waals surface area (Å²) < 4.78 is 40.0. The van der Waals surface area contributed by atoms with Gasteiger partial charge in [0, 0.05) is 23.5 Å². The minimum absolute atomic E-state index is 0.0835. The summed E-state index contributed by atoms with van der Waals surface area (Å²) in [6.45, 7) is 1.48. The molecule has 138 valence electrons. The molecule has 0 atom stereocenters. The van der Waals surface area contributed by atoms with Crippen molar-refractivity contribution in [2.75, 3.05) is 17.2 Å². The van der Waals surface area contributed by atoms with Gasteiger partial charge in [-0.15, -0.1) is 13.2 Å². The fourth-order valence-corrected chi connectivity index (χ4v) is 2.05. The van der Waals surface area contributed by atoms with Gasteiger partial charge in [0.05, 0.1) is 11.5 Å². The van der Waals surface area contributed by atoms with Crippen LogP contribution < -0.4 is 15.4 Å². The van der Waals surface area contributed by atoms with Gasteiger partial charge < -0.3 is 15.4 Å². The minimum atomic E-state index is -4.77. The van der Waals surface area contributed by atoms with Gasteiger partial charge in [0.1, 0.15) is 5.75 Å². The van der Waals surface area contributed by atoms with Crippen molar-refractivity contribution in [3.8, 4) is 5.75 Å². The van der Waals surface area contributed by atoms with E-state index < -0.39 is 17.2 Å². The third kappa shape index (κ3) is 5.65. The number of carbonyl (C=O) groups is 1. The molecule has 0 aliphatic heterocycles. The average molecular weight is 369 g/mol. The summed E-state index contributed by atoms with van der Waals surface area (Å²) in [6.07, 6.45) is -4.77. The number of non-ortho nitro benzene ring substituents is 1. The monoisotopic (exact) mass is 369 g/mol. The lowest BCUT2D eigenvalue weighted by Crippen LogP contribution is -2.22. The number of benzene rings is 2. The molecule has 1 amide bonds. The zero-order valence-electron chi connectivity index (χ0n) is 13.5. The number of carbonyl (C=O) groups excluding carboxylic acids is 1. The summed E-state index contributed by atoms with van der Waals surface area (Å²) >= 11 is 0. The average Bonchev–Trinajstić information content (AvgIpc) is 2.54. The van der Waals surface area contributed by atoms with Crippen molar-refractivity contribution in [3.63, 3.8) is 0 Å². The van der Waals surface area contributed by atoms with E-state index in [1.165, 1.54) is 30.3 Å². The zero-order chi connectivity index (χ0) is 19.3. The molecule has 0 heterocycles. The normalized spacial score (nSPS) is 10.9. The second-order valence-electron chi connectivity index (χ2n) is 5.23. The lowest BCUT2D eigenvalue weighted by Gasteiger charge is -2.11. The zero-order valence-corrected chi connectivity index (χ0v) is 13.5. The van der Waals surface area contributed by atoms with Gasteiger partial charge >= 0.3 is 6.36 Å². The number of halogens is 3. The summed E-state index contributed by atoms with van der Waals surface area (Å²) in [7, 11) is 0. The van der Waals surface area contributed by atoms with Crippen molar-refractivity contribution >= 4 is 23.0 Å². The maximum absolute atomic E-state index is 12.1. The first-order valence-electron chi connectivity index (χ1n) is 7.28. The predicted molar refractivity (Wildman–Crippen MR) is 88.1 cm³/mol. The van der Waals surface area contributed by atoms with Gasteiger partial charge in [0.15, 0.2) is 0 Å². The van der Waals surface area contributed by atoms with Crippen LogP contribution in [0.2, 0.25) is 0 Å². The quantitative estimate of drug-likeness (QED) is 0.596. The molecule has 0 unspecified atom stereocenters. The van der Waals surface area contributed by atoms with E-state index in [1.807, 2.05) is 0 Å². The molecule has 0 aliphatic carbocycles. The van der Waals surface area contributed by atoms with Crippen molar-refractivity contribution in [2.45, 2.75) is 13.3 Å². The molecule has 0 bridgehead atoms. The van der Waals surface area contributed by atoms with Gasteiger partial charge in [0.25, 0.3) is 5.69 Å². The number of hydrogen-bond acceptors (Lipinski definition) is 5. The van der Waals surface area contributed by atoms with Crippen LogP contribution in [0.25, 0.3) is 0 Å². The Labute approximate surface area is 145 Å². The summed E-state index contributed by atoms with van der Waals surface area (Å²) in [5.74, 6) is -0.786. The smallest absolute Gasteiger partial charge is 0.406 e. The Kier molecular flexibility index (Phi) is 5.65. The highest BCUT2D eigenvalue weighted by molar-refractivity contribution is 5.94. The molecule has 2 rings (SSSR count). The Balaban J connectivity index is 1.90. The molecule has 0 radical (unpaired) electrons. The van der Waals surface area contributed by atoms with E-state index in [9.17, 15) is 28.1 Å². The highest BCUT2D eigenvalue weighted by Gasteiger charge is 2.30. The van der Waals surface area contributed by atoms with Crippen molar-refractivity contribution in [3.05, 3.63) is 58.1 Å². The van der Waals surface area contributed by atoms with Gasteiger partial charge in [-0.05, 0) is 42.8 Å². The number of amides is 1. The number of aryl methyl sites for hydroxylation is 1. The summed E-state index contributed by atoms with van der Waals surface area (Å²) in [4.78, 5) is 22.1. The van der Waals surface area contributed by atoms with Crippen LogP contribution in [-0.4, -0.2) is 23.7 Å². The van der Waals surface area contributed by atoms with Gasteiger partial charge in [-0.25, -0.2) is 0 Å². The van der Waals surface area contributed by atoms with Crippen LogP contribution in [-0.2, 0) is 4.79 Å². The molecule has 7 nitrogen and oxygen atoms in total. The lowest BCUT2D eigenvalue weighted by molar-refractivity contribution is -0.384. The number of nitrogens with zero attached hydrogens (tertiary/aromatic N) is 1. The lowest BCUT2D eigenvalue weighted by atomic mass is 10.2. The number of nitrogens with one attached hydrogen (secondary N) is 2. The van der Waals surface area contributed by atoms with Crippen LogP contribution in [0.5, 0.6) is 5.75 Å². The van der Waals surface area contributed by atoms with E-state index in [4.69, 9.17) is 0 Å². The molecular weight excluding hydrogens is 355 g/mol. The maximum Gasteiger partial charge on any atom is 0.573 e. The molecule has 2 N–H and O–H groups in total. The standard InChI is InChI=1S/C16H14F3N3O4/c1-10-8-12(22(24)25)4-7-14(10)21-15(23)9-20-11-2-5-13(6-3-11)26-16(17,18)19/h2-8,20H,9H2,1H3,(H,21,23). The Hall–Kier alpha value is -3.30. The van der Waals surface area contributed by atoms with Crippen molar-refractivity contribution < 1.29 is 27.6 Å².